The molecule has 0 aliphatic carbocycles. The Morgan fingerprint density at radius 3 is 2.77 bits per heavy atom. The number of fused-ring (bicyclic) bond motifs is 1. The third kappa shape index (κ3) is 2.99. The molecule has 3 rings (SSSR count). The van der Waals surface area contributed by atoms with Crippen LogP contribution in [0.2, 0.25) is 0 Å². The van der Waals surface area contributed by atoms with Gasteiger partial charge in [0.05, 0.1) is 24.1 Å². The van der Waals surface area contributed by atoms with Gasteiger partial charge in [-0.1, -0.05) is 6.07 Å². The van der Waals surface area contributed by atoms with E-state index >= 15 is 0 Å². The molecule has 0 bridgehead atoms. The van der Waals surface area contributed by atoms with Crippen LogP contribution in [0.15, 0.2) is 24.5 Å². The minimum absolute atomic E-state index is 0.0347. The number of aromatic nitrogens is 1. The molecule has 0 saturated carbocycles. The van der Waals surface area contributed by atoms with Crippen LogP contribution in [0.5, 0.6) is 0 Å². The highest BCUT2D eigenvalue weighted by Gasteiger charge is 2.47. The molecular formula is C14H20N4O3S. The second-order valence-corrected chi connectivity index (χ2v) is 7.99. The van der Waals surface area contributed by atoms with E-state index in [4.69, 9.17) is 5.73 Å². The zero-order valence-electron chi connectivity index (χ0n) is 12.3. The molecule has 7 nitrogen and oxygen atoms in total. The van der Waals surface area contributed by atoms with Crippen LogP contribution < -0.4 is 5.73 Å². The van der Waals surface area contributed by atoms with Gasteiger partial charge in [0.2, 0.25) is 5.91 Å². The van der Waals surface area contributed by atoms with Crippen molar-refractivity contribution in [3.63, 3.8) is 0 Å². The van der Waals surface area contributed by atoms with Crippen LogP contribution in [0.3, 0.4) is 0 Å². The third-order valence-electron chi connectivity index (χ3n) is 4.39. The lowest BCUT2D eigenvalue weighted by Gasteiger charge is -2.43. The van der Waals surface area contributed by atoms with Gasteiger partial charge in [-0.3, -0.25) is 14.7 Å². The second-order valence-electron chi connectivity index (χ2n) is 5.83. The van der Waals surface area contributed by atoms with E-state index < -0.39 is 9.84 Å². The topological polar surface area (TPSA) is 96.6 Å². The van der Waals surface area contributed by atoms with Crippen molar-refractivity contribution in [2.45, 2.75) is 18.6 Å². The van der Waals surface area contributed by atoms with E-state index in [1.54, 1.807) is 17.3 Å². The molecule has 0 aromatic carbocycles. The van der Waals surface area contributed by atoms with Gasteiger partial charge in [-0.15, -0.1) is 0 Å². The van der Waals surface area contributed by atoms with E-state index in [1.807, 2.05) is 12.1 Å². The zero-order valence-corrected chi connectivity index (χ0v) is 13.1. The van der Waals surface area contributed by atoms with Crippen LogP contribution in [0.25, 0.3) is 0 Å². The monoisotopic (exact) mass is 324 g/mol. The van der Waals surface area contributed by atoms with E-state index in [0.29, 0.717) is 19.6 Å². The lowest BCUT2D eigenvalue weighted by molar-refractivity contribution is -0.135. The van der Waals surface area contributed by atoms with Gasteiger partial charge in [0.1, 0.15) is 0 Å². The molecule has 0 radical (unpaired) electrons. The maximum atomic E-state index is 12.0. The van der Waals surface area contributed by atoms with Crippen LogP contribution in [-0.2, 0) is 21.2 Å². The lowest BCUT2D eigenvalue weighted by atomic mass is 10.0. The van der Waals surface area contributed by atoms with Crippen molar-refractivity contribution in [3.05, 3.63) is 30.1 Å². The van der Waals surface area contributed by atoms with E-state index in [1.165, 1.54) is 0 Å². The van der Waals surface area contributed by atoms with Crippen LogP contribution in [0.4, 0.5) is 0 Å². The van der Waals surface area contributed by atoms with Crippen LogP contribution in [0, 0.1) is 0 Å². The minimum Gasteiger partial charge on any atom is -0.335 e. The summed E-state index contributed by atoms with van der Waals surface area (Å²) in [4.78, 5) is 19.9. The Morgan fingerprint density at radius 2 is 2.09 bits per heavy atom. The summed E-state index contributed by atoms with van der Waals surface area (Å²) in [7, 11) is -3.12. The van der Waals surface area contributed by atoms with Crippen molar-refractivity contribution in [1.82, 2.24) is 14.8 Å². The number of piperazine rings is 1. The first-order valence-corrected chi connectivity index (χ1v) is 9.15. The molecule has 2 atom stereocenters. The van der Waals surface area contributed by atoms with Crippen molar-refractivity contribution >= 4 is 15.7 Å². The van der Waals surface area contributed by atoms with E-state index in [0.717, 1.165) is 5.56 Å². The summed E-state index contributed by atoms with van der Waals surface area (Å²) in [6.45, 7) is 1.74. The molecule has 1 amide bonds. The smallest absolute Gasteiger partial charge is 0.236 e. The summed E-state index contributed by atoms with van der Waals surface area (Å²) in [6.07, 6.45) is 3.50. The van der Waals surface area contributed by atoms with Gasteiger partial charge >= 0.3 is 0 Å². The first-order chi connectivity index (χ1) is 10.5. The molecule has 1 aromatic heterocycles. The van der Waals surface area contributed by atoms with Crippen LogP contribution in [0.1, 0.15) is 5.56 Å². The molecule has 0 unspecified atom stereocenters. The van der Waals surface area contributed by atoms with E-state index in [2.05, 4.69) is 9.88 Å². The molecule has 2 N–H and O–H groups in total. The molecule has 120 valence electrons. The number of hydrogen-bond donors (Lipinski definition) is 1. The number of nitrogens with two attached hydrogens (primary N) is 1. The number of hydrogen-bond acceptors (Lipinski definition) is 6. The molecule has 22 heavy (non-hydrogen) atoms. The molecular weight excluding hydrogens is 304 g/mol. The predicted molar refractivity (Wildman–Crippen MR) is 81.6 cm³/mol. The van der Waals surface area contributed by atoms with Gasteiger partial charge in [-0.05, 0) is 11.6 Å². The molecule has 1 aromatic rings. The van der Waals surface area contributed by atoms with Gasteiger partial charge < -0.3 is 10.6 Å². The summed E-state index contributed by atoms with van der Waals surface area (Å²) in [5.41, 5.74) is 6.49. The van der Waals surface area contributed by atoms with Crippen LogP contribution >= 0.6 is 0 Å². The predicted octanol–water partition coefficient (Wildman–Crippen LogP) is -1.15. The first kappa shape index (κ1) is 15.4. The molecule has 2 fully saturated rings. The van der Waals surface area contributed by atoms with E-state index in [9.17, 15) is 13.2 Å². The lowest BCUT2D eigenvalue weighted by Crippen LogP contribution is -2.61. The number of sulfone groups is 1. The van der Waals surface area contributed by atoms with Crippen molar-refractivity contribution in [2.24, 2.45) is 5.73 Å². The number of carbonyl (C=O) groups excluding carboxylic acids is 1. The Hall–Kier alpha value is -1.51. The van der Waals surface area contributed by atoms with Crippen molar-refractivity contribution < 1.29 is 13.2 Å². The molecule has 3 heterocycles. The highest BCUT2D eigenvalue weighted by atomic mass is 32.2. The fourth-order valence-electron chi connectivity index (χ4n) is 3.37. The van der Waals surface area contributed by atoms with Crippen molar-refractivity contribution in [1.29, 1.82) is 0 Å². The van der Waals surface area contributed by atoms with Gasteiger partial charge in [0, 0.05) is 38.1 Å². The molecule has 2 aliphatic rings. The Labute approximate surface area is 130 Å². The summed E-state index contributed by atoms with van der Waals surface area (Å²) in [5, 5.41) is 0. The maximum absolute atomic E-state index is 12.0. The van der Waals surface area contributed by atoms with Crippen LogP contribution in [-0.4, -0.2) is 72.3 Å². The van der Waals surface area contributed by atoms with Gasteiger partial charge in [0.25, 0.3) is 0 Å². The molecule has 2 aliphatic heterocycles. The second kappa shape index (κ2) is 5.94. The average molecular weight is 324 g/mol. The standard InChI is InChI=1S/C14H20N4O3S/c15-6-14(19)18-5-4-17(8-11-2-1-3-16-7-11)12-9-22(20,21)10-13(12)18/h1-3,7,12-13H,4-6,8-10,15H2/t12-,13+/m1/s1. The number of rotatable bonds is 3. The summed E-state index contributed by atoms with van der Waals surface area (Å²) in [6, 6.07) is 3.40. The highest BCUT2D eigenvalue weighted by Crippen LogP contribution is 2.28. The Morgan fingerprint density at radius 1 is 1.32 bits per heavy atom. The van der Waals surface area contributed by atoms with E-state index in [-0.39, 0.29) is 36.0 Å². The summed E-state index contributed by atoms with van der Waals surface area (Å²) in [5.74, 6) is -0.0349. The van der Waals surface area contributed by atoms with Gasteiger partial charge in [-0.2, -0.15) is 0 Å². The number of nitrogens with zero attached hydrogens (tertiary/aromatic N) is 3. The fourth-order valence-corrected chi connectivity index (χ4v) is 5.39. The average Bonchev–Trinajstić information content (AvgIpc) is 2.83. The summed E-state index contributed by atoms with van der Waals surface area (Å²) < 4.78 is 24.1. The normalized spacial score (nSPS) is 27.6. The Kier molecular flexibility index (Phi) is 4.16. The number of carbonyl (C=O) groups is 1. The highest BCUT2D eigenvalue weighted by molar-refractivity contribution is 7.91. The molecule has 0 spiro atoms. The van der Waals surface area contributed by atoms with Gasteiger partial charge in [-0.25, -0.2) is 8.42 Å². The maximum Gasteiger partial charge on any atom is 0.236 e. The molecule has 2 saturated heterocycles. The SMILES string of the molecule is NCC(=O)N1CCN(Cc2cccnc2)[C@@H]2CS(=O)(=O)C[C@@H]21. The van der Waals surface area contributed by atoms with Crippen molar-refractivity contribution in [2.75, 3.05) is 31.1 Å². The van der Waals surface area contributed by atoms with Crippen molar-refractivity contribution in [3.8, 4) is 0 Å². The Bertz CT molecular complexity index is 649. The number of amides is 1. The van der Waals surface area contributed by atoms with Gasteiger partial charge in [0.15, 0.2) is 9.84 Å². The quantitative estimate of drug-likeness (QED) is 0.754. The number of pyridine rings is 1. The fraction of sp³-hybridized carbons (Fsp3) is 0.571. The third-order valence-corrected chi connectivity index (χ3v) is 6.09. The minimum atomic E-state index is -3.12. The zero-order chi connectivity index (χ0) is 15.7. The summed E-state index contributed by atoms with van der Waals surface area (Å²) >= 11 is 0. The largest absolute Gasteiger partial charge is 0.335 e. The Balaban J connectivity index is 1.82. The molecule has 8 heteroatoms. The first-order valence-electron chi connectivity index (χ1n) is 7.33.